The van der Waals surface area contributed by atoms with Crippen LogP contribution in [0.1, 0.15) is 43.1 Å². The normalized spacial score (nSPS) is 24.5. The Morgan fingerprint density at radius 2 is 1.90 bits per heavy atom. The molecule has 1 N–H and O–H groups in total. The van der Waals surface area contributed by atoms with Crippen LogP contribution < -0.4 is 5.56 Å². The van der Waals surface area contributed by atoms with E-state index in [0.29, 0.717) is 5.92 Å². The van der Waals surface area contributed by atoms with Crippen LogP contribution in [0.15, 0.2) is 10.9 Å². The molecule has 2 aliphatic rings. The lowest BCUT2D eigenvalue weighted by Gasteiger charge is -2.33. The quantitative estimate of drug-likeness (QED) is 0.909. The number of nitrogens with one attached hydrogen (secondary N) is 1. The topological polar surface area (TPSA) is 52.2 Å². The summed E-state index contributed by atoms with van der Waals surface area (Å²) in [5, 5.41) is 0. The monoisotopic (exact) mass is 290 g/mol. The third-order valence-electron chi connectivity index (χ3n) is 4.73. The predicted octanol–water partition coefficient (Wildman–Crippen LogP) is 1.35. The zero-order valence-electron chi connectivity index (χ0n) is 13.0. The van der Waals surface area contributed by atoms with E-state index in [1.807, 2.05) is 6.92 Å². The molecule has 0 radical (unpaired) electrons. The largest absolute Gasteiger partial charge is 0.311 e. The van der Waals surface area contributed by atoms with Gasteiger partial charge in [-0.3, -0.25) is 4.79 Å². The maximum Gasteiger partial charge on any atom is 0.251 e. The average molecular weight is 290 g/mol. The van der Waals surface area contributed by atoms with Gasteiger partial charge in [-0.15, -0.1) is 0 Å². The highest BCUT2D eigenvalue weighted by molar-refractivity contribution is 5.10. The van der Waals surface area contributed by atoms with Crippen LogP contribution in [-0.4, -0.2) is 59.0 Å². The zero-order chi connectivity index (χ0) is 14.7. The molecule has 1 aromatic heterocycles. The van der Waals surface area contributed by atoms with Crippen LogP contribution >= 0.6 is 0 Å². The summed E-state index contributed by atoms with van der Waals surface area (Å²) in [6.07, 6.45) is 5.07. The number of likely N-dealkylation sites (tertiary alicyclic amines) is 2. The second-order valence-corrected chi connectivity index (χ2v) is 6.44. The van der Waals surface area contributed by atoms with Crippen LogP contribution in [0.2, 0.25) is 0 Å². The molecule has 116 valence electrons. The number of piperidine rings is 1. The number of H-pyrrole nitrogens is 1. The third kappa shape index (κ3) is 3.92. The third-order valence-corrected chi connectivity index (χ3v) is 4.73. The first kappa shape index (κ1) is 14.7. The highest BCUT2D eigenvalue weighted by Crippen LogP contribution is 2.24. The molecule has 0 aromatic carbocycles. The maximum absolute atomic E-state index is 11.6. The number of aromatic nitrogens is 2. The fourth-order valence-corrected chi connectivity index (χ4v) is 3.60. The maximum atomic E-state index is 11.6. The standard InChI is InChI=1S/C16H26N4O/c1-13-17-15(11-16(21)18-13)14-5-4-8-20(12-14)10-9-19-6-2-3-7-19/h11,14H,2-10,12H2,1H3,(H,17,18,21). The molecule has 3 rings (SSSR count). The van der Waals surface area contributed by atoms with Gasteiger partial charge >= 0.3 is 0 Å². The molecule has 5 heteroatoms. The van der Waals surface area contributed by atoms with Crippen LogP contribution in [0, 0.1) is 6.92 Å². The summed E-state index contributed by atoms with van der Waals surface area (Å²) in [5.41, 5.74) is 0.953. The number of hydrogen-bond donors (Lipinski definition) is 1. The van der Waals surface area contributed by atoms with Gasteiger partial charge in [0, 0.05) is 31.6 Å². The summed E-state index contributed by atoms with van der Waals surface area (Å²) in [6, 6.07) is 1.68. The van der Waals surface area contributed by atoms with Gasteiger partial charge in [0.15, 0.2) is 0 Å². The molecule has 1 aromatic rings. The van der Waals surface area contributed by atoms with Crippen molar-refractivity contribution in [3.63, 3.8) is 0 Å². The Morgan fingerprint density at radius 3 is 2.67 bits per heavy atom. The lowest BCUT2D eigenvalue weighted by molar-refractivity contribution is 0.180. The van der Waals surface area contributed by atoms with Crippen molar-refractivity contribution in [3.05, 3.63) is 27.9 Å². The molecular formula is C16H26N4O. The van der Waals surface area contributed by atoms with Gasteiger partial charge in [-0.25, -0.2) is 4.98 Å². The van der Waals surface area contributed by atoms with Crippen molar-refractivity contribution in [2.24, 2.45) is 0 Å². The second kappa shape index (κ2) is 6.71. The highest BCUT2D eigenvalue weighted by atomic mass is 16.1. The van der Waals surface area contributed by atoms with E-state index in [-0.39, 0.29) is 5.56 Å². The summed E-state index contributed by atoms with van der Waals surface area (Å²) in [7, 11) is 0. The summed E-state index contributed by atoms with van der Waals surface area (Å²) in [4.78, 5) is 24.0. The Morgan fingerprint density at radius 1 is 1.19 bits per heavy atom. The van der Waals surface area contributed by atoms with Gasteiger partial charge in [0.2, 0.25) is 0 Å². The van der Waals surface area contributed by atoms with Crippen LogP contribution in [-0.2, 0) is 0 Å². The van der Waals surface area contributed by atoms with Crippen molar-refractivity contribution in [1.29, 1.82) is 0 Å². The molecule has 5 nitrogen and oxygen atoms in total. The number of hydrogen-bond acceptors (Lipinski definition) is 4. The Labute approximate surface area is 126 Å². The minimum Gasteiger partial charge on any atom is -0.311 e. The van der Waals surface area contributed by atoms with Gasteiger partial charge in [-0.1, -0.05) is 0 Å². The first-order valence-electron chi connectivity index (χ1n) is 8.23. The van der Waals surface area contributed by atoms with E-state index < -0.39 is 0 Å². The Kier molecular flexibility index (Phi) is 4.70. The fourth-order valence-electron chi connectivity index (χ4n) is 3.60. The van der Waals surface area contributed by atoms with Crippen molar-refractivity contribution in [3.8, 4) is 0 Å². The Bertz CT molecular complexity index is 521. The Hall–Kier alpha value is -1.20. The van der Waals surface area contributed by atoms with Crippen LogP contribution in [0.25, 0.3) is 0 Å². The molecule has 0 spiro atoms. The number of rotatable bonds is 4. The minimum atomic E-state index is -0.0216. The number of nitrogens with zero attached hydrogens (tertiary/aromatic N) is 3. The number of aromatic amines is 1. The minimum absolute atomic E-state index is 0.0216. The lowest BCUT2D eigenvalue weighted by Crippen LogP contribution is -2.40. The fraction of sp³-hybridized carbons (Fsp3) is 0.750. The van der Waals surface area contributed by atoms with Gasteiger partial charge in [0.25, 0.3) is 5.56 Å². The van der Waals surface area contributed by atoms with Crippen molar-refractivity contribution >= 4 is 0 Å². The van der Waals surface area contributed by atoms with Crippen molar-refractivity contribution in [2.75, 3.05) is 39.3 Å². The first-order chi connectivity index (χ1) is 10.2. The van der Waals surface area contributed by atoms with E-state index in [2.05, 4.69) is 19.8 Å². The zero-order valence-corrected chi connectivity index (χ0v) is 13.0. The van der Waals surface area contributed by atoms with Crippen molar-refractivity contribution in [2.45, 2.75) is 38.5 Å². The summed E-state index contributed by atoms with van der Waals surface area (Å²) < 4.78 is 0. The van der Waals surface area contributed by atoms with E-state index in [1.165, 1.54) is 45.4 Å². The van der Waals surface area contributed by atoms with E-state index in [9.17, 15) is 4.79 Å². The van der Waals surface area contributed by atoms with Gasteiger partial charge in [0.05, 0.1) is 5.69 Å². The summed E-state index contributed by atoms with van der Waals surface area (Å²) >= 11 is 0. The second-order valence-electron chi connectivity index (χ2n) is 6.44. The molecule has 3 heterocycles. The van der Waals surface area contributed by atoms with Gasteiger partial charge in [-0.05, 0) is 52.2 Å². The Balaban J connectivity index is 1.58. The summed E-state index contributed by atoms with van der Waals surface area (Å²) in [5.74, 6) is 1.14. The molecule has 2 aliphatic heterocycles. The van der Waals surface area contributed by atoms with Gasteiger partial charge in [0.1, 0.15) is 5.82 Å². The van der Waals surface area contributed by atoms with E-state index in [1.54, 1.807) is 6.07 Å². The summed E-state index contributed by atoms with van der Waals surface area (Å²) in [6.45, 7) is 8.97. The first-order valence-corrected chi connectivity index (χ1v) is 8.23. The molecule has 1 unspecified atom stereocenters. The van der Waals surface area contributed by atoms with E-state index in [4.69, 9.17) is 0 Å². The SMILES string of the molecule is Cc1nc(C2CCCN(CCN3CCCC3)C2)cc(=O)[nH]1. The van der Waals surface area contributed by atoms with Crippen molar-refractivity contribution in [1.82, 2.24) is 19.8 Å². The van der Waals surface area contributed by atoms with Gasteiger partial charge < -0.3 is 14.8 Å². The van der Waals surface area contributed by atoms with Crippen LogP contribution in [0.3, 0.4) is 0 Å². The smallest absolute Gasteiger partial charge is 0.251 e. The van der Waals surface area contributed by atoms with Crippen LogP contribution in [0.4, 0.5) is 0 Å². The molecule has 21 heavy (non-hydrogen) atoms. The molecule has 0 amide bonds. The predicted molar refractivity (Wildman–Crippen MR) is 83.7 cm³/mol. The molecule has 1 atom stereocenters. The van der Waals surface area contributed by atoms with Crippen molar-refractivity contribution < 1.29 is 0 Å². The highest BCUT2D eigenvalue weighted by Gasteiger charge is 2.23. The molecule has 2 saturated heterocycles. The lowest BCUT2D eigenvalue weighted by atomic mass is 9.94. The molecule has 2 fully saturated rings. The molecule has 0 aliphatic carbocycles. The molecular weight excluding hydrogens is 264 g/mol. The van der Waals surface area contributed by atoms with E-state index >= 15 is 0 Å². The van der Waals surface area contributed by atoms with Crippen LogP contribution in [0.5, 0.6) is 0 Å². The molecule has 0 saturated carbocycles. The average Bonchev–Trinajstić information content (AvgIpc) is 2.98. The molecule has 0 bridgehead atoms. The number of aryl methyl sites for hydroxylation is 1. The van der Waals surface area contributed by atoms with Gasteiger partial charge in [-0.2, -0.15) is 0 Å². The van der Waals surface area contributed by atoms with E-state index in [0.717, 1.165) is 31.0 Å².